The molecule has 3 aromatic rings. The van der Waals surface area contributed by atoms with Crippen LogP contribution in [-0.2, 0) is 9.59 Å². The van der Waals surface area contributed by atoms with E-state index in [1.54, 1.807) is 42.5 Å². The van der Waals surface area contributed by atoms with E-state index in [2.05, 4.69) is 10.6 Å². The van der Waals surface area contributed by atoms with E-state index in [1.165, 1.54) is 24.1 Å². The van der Waals surface area contributed by atoms with E-state index in [0.717, 1.165) is 6.07 Å². The lowest BCUT2D eigenvalue weighted by Crippen LogP contribution is -2.53. The van der Waals surface area contributed by atoms with Gasteiger partial charge in [0.15, 0.2) is 12.7 Å². The molecule has 2 atom stereocenters. The van der Waals surface area contributed by atoms with Crippen molar-refractivity contribution in [1.29, 1.82) is 0 Å². The van der Waals surface area contributed by atoms with Gasteiger partial charge in [-0.1, -0.05) is 29.3 Å². The van der Waals surface area contributed by atoms with Crippen molar-refractivity contribution in [2.24, 2.45) is 5.92 Å². The van der Waals surface area contributed by atoms with E-state index >= 15 is 0 Å². The molecule has 3 amide bonds. The number of hydrogen-bond acceptors (Lipinski definition) is 6. The van der Waals surface area contributed by atoms with Crippen molar-refractivity contribution in [3.63, 3.8) is 0 Å². The number of fused-ring (bicyclic) bond motifs is 2. The smallest absolute Gasteiger partial charge is 0.263 e. The number of anilines is 1. The van der Waals surface area contributed by atoms with Crippen molar-refractivity contribution >= 4 is 46.6 Å². The molecule has 9 nitrogen and oxygen atoms in total. The maximum Gasteiger partial charge on any atom is 0.263 e. The Morgan fingerprint density at radius 1 is 1.05 bits per heavy atom. The highest BCUT2D eigenvalue weighted by Crippen LogP contribution is 2.52. The average molecular weight is 628 g/mol. The number of ether oxygens (including phenoxy) is 3. The van der Waals surface area contributed by atoms with Gasteiger partial charge in [-0.3, -0.25) is 14.4 Å². The number of amides is 3. The Bertz CT molecular complexity index is 1600. The Labute approximate surface area is 257 Å². The topological polar surface area (TPSA) is 106 Å². The second-order valence-electron chi connectivity index (χ2n) is 11.0. The first-order chi connectivity index (χ1) is 20.6. The normalized spacial score (nSPS) is 23.3. The number of nitrogens with zero attached hydrogens (tertiary/aromatic N) is 1. The van der Waals surface area contributed by atoms with Crippen molar-refractivity contribution in [3.05, 3.63) is 82.1 Å². The predicted octanol–water partition coefficient (Wildman–Crippen LogP) is 4.78. The van der Waals surface area contributed by atoms with Crippen LogP contribution in [0, 0.1) is 11.7 Å². The highest BCUT2D eigenvalue weighted by Gasteiger charge is 2.57. The minimum atomic E-state index is -0.959. The third kappa shape index (κ3) is 5.94. The summed E-state index contributed by atoms with van der Waals surface area (Å²) in [5.74, 6) is -0.339. The number of carbonyl (C=O) groups excluding carboxylic acids is 3. The van der Waals surface area contributed by atoms with E-state index in [1.807, 2.05) is 0 Å². The average Bonchev–Trinajstić information content (AvgIpc) is 3.50. The molecule has 3 aliphatic carbocycles. The van der Waals surface area contributed by atoms with Crippen molar-refractivity contribution in [2.75, 3.05) is 25.2 Å². The molecule has 1 aliphatic heterocycles. The lowest BCUT2D eigenvalue weighted by Gasteiger charge is -2.39. The summed E-state index contributed by atoms with van der Waals surface area (Å²) >= 11 is 11.9. The largest absolute Gasteiger partial charge is 0.497 e. The van der Waals surface area contributed by atoms with Crippen LogP contribution in [0.1, 0.15) is 29.6 Å². The number of benzene rings is 3. The van der Waals surface area contributed by atoms with Gasteiger partial charge in [-0.15, -0.1) is 0 Å². The van der Waals surface area contributed by atoms with Gasteiger partial charge in [-0.05, 0) is 73.7 Å². The number of halogens is 3. The molecule has 7 rings (SSSR count). The van der Waals surface area contributed by atoms with Crippen LogP contribution in [0.2, 0.25) is 10.0 Å². The summed E-state index contributed by atoms with van der Waals surface area (Å²) in [6.07, 6.45) is 1.02. The highest BCUT2D eigenvalue weighted by atomic mass is 35.5. The number of methoxy groups -OCH3 is 1. The molecule has 3 aromatic carbocycles. The van der Waals surface area contributed by atoms with Crippen molar-refractivity contribution < 1.29 is 33.0 Å². The van der Waals surface area contributed by atoms with Gasteiger partial charge in [0, 0.05) is 28.2 Å². The summed E-state index contributed by atoms with van der Waals surface area (Å²) < 4.78 is 30.4. The zero-order chi connectivity index (χ0) is 30.3. The summed E-state index contributed by atoms with van der Waals surface area (Å²) in [5.41, 5.74) is 0.419. The van der Waals surface area contributed by atoms with Crippen LogP contribution in [-0.4, -0.2) is 55.7 Å². The molecule has 43 heavy (non-hydrogen) atoms. The Morgan fingerprint density at radius 2 is 1.86 bits per heavy atom. The molecule has 224 valence electrons. The van der Waals surface area contributed by atoms with E-state index in [9.17, 15) is 18.8 Å². The SMILES string of the molecule is COc1cccc(C(=O)N2CC(C(=O)N[C@H]3CC4(NC(=O)COc5ccc(Cl)c(F)c5)CC3C4)Oc3ccc(Cl)cc32)c1. The minimum absolute atomic E-state index is 0.0168. The van der Waals surface area contributed by atoms with Crippen molar-refractivity contribution in [3.8, 4) is 17.2 Å². The maximum absolute atomic E-state index is 13.7. The van der Waals surface area contributed by atoms with Gasteiger partial charge in [-0.25, -0.2) is 4.39 Å². The molecule has 12 heteroatoms. The third-order valence-electron chi connectivity index (χ3n) is 8.16. The molecule has 3 fully saturated rings. The minimum Gasteiger partial charge on any atom is -0.497 e. The number of hydrogen-bond donors (Lipinski definition) is 2. The van der Waals surface area contributed by atoms with Gasteiger partial charge in [0.05, 0.1) is 24.4 Å². The second-order valence-corrected chi connectivity index (χ2v) is 11.9. The standard InChI is InChI=1S/C31H28Cl2FN3O6/c1-41-20-4-2-3-17(9-20)30(40)37-15-27(43-26-8-5-19(32)10-25(26)37)29(39)35-24-14-31(12-18(24)13-31)36-28(38)16-42-21-6-7-22(33)23(34)11-21/h2-11,18,24,27H,12-16H2,1H3,(H,35,39)(H,36,38)/t18?,24-,27?,31?/m0/s1. The zero-order valence-electron chi connectivity index (χ0n) is 23.1. The van der Waals surface area contributed by atoms with Gasteiger partial charge in [0.25, 0.3) is 17.7 Å². The van der Waals surface area contributed by atoms with Gasteiger partial charge in [-0.2, -0.15) is 0 Å². The third-order valence-corrected chi connectivity index (χ3v) is 8.70. The molecule has 2 bridgehead atoms. The Hall–Kier alpha value is -4.02. The van der Waals surface area contributed by atoms with Gasteiger partial charge >= 0.3 is 0 Å². The molecule has 0 spiro atoms. The van der Waals surface area contributed by atoms with Crippen molar-refractivity contribution in [1.82, 2.24) is 10.6 Å². The molecule has 2 N–H and O–H groups in total. The summed E-state index contributed by atoms with van der Waals surface area (Å²) in [6.45, 7) is -0.294. The van der Waals surface area contributed by atoms with Gasteiger partial charge < -0.3 is 29.7 Å². The fourth-order valence-electron chi connectivity index (χ4n) is 6.12. The van der Waals surface area contributed by atoms with Crippen LogP contribution in [0.5, 0.6) is 17.2 Å². The molecule has 3 saturated carbocycles. The van der Waals surface area contributed by atoms with Crippen LogP contribution >= 0.6 is 23.2 Å². The lowest BCUT2D eigenvalue weighted by molar-refractivity contribution is -0.129. The van der Waals surface area contributed by atoms with Crippen LogP contribution in [0.3, 0.4) is 0 Å². The summed E-state index contributed by atoms with van der Waals surface area (Å²) in [7, 11) is 1.52. The van der Waals surface area contributed by atoms with Gasteiger partial charge in [0.1, 0.15) is 23.1 Å². The molecular weight excluding hydrogens is 600 g/mol. The number of nitrogens with one attached hydrogen (secondary N) is 2. The quantitative estimate of drug-likeness (QED) is 0.372. The number of carbonyl (C=O) groups is 3. The predicted molar refractivity (Wildman–Crippen MR) is 158 cm³/mol. The summed E-state index contributed by atoms with van der Waals surface area (Å²) in [4.78, 5) is 41.2. The molecule has 1 unspecified atom stereocenters. The monoisotopic (exact) mass is 627 g/mol. The Morgan fingerprint density at radius 3 is 2.63 bits per heavy atom. The molecule has 4 aliphatic rings. The molecular formula is C31H28Cl2FN3O6. The first kappa shape index (κ1) is 29.1. The van der Waals surface area contributed by atoms with Gasteiger partial charge in [0.2, 0.25) is 0 Å². The Kier molecular flexibility index (Phi) is 7.83. The first-order valence-electron chi connectivity index (χ1n) is 13.7. The summed E-state index contributed by atoms with van der Waals surface area (Å²) in [5, 5.41) is 6.51. The molecule has 0 saturated heterocycles. The fraction of sp³-hybridized carbons (Fsp3) is 0.323. The number of rotatable bonds is 8. The van der Waals surface area contributed by atoms with Crippen LogP contribution in [0.4, 0.5) is 10.1 Å². The van der Waals surface area contributed by atoms with E-state index in [-0.39, 0.29) is 53.6 Å². The van der Waals surface area contributed by atoms with E-state index in [4.69, 9.17) is 37.4 Å². The van der Waals surface area contributed by atoms with Crippen molar-refractivity contribution in [2.45, 2.75) is 36.9 Å². The molecule has 0 radical (unpaired) electrons. The summed E-state index contributed by atoms with van der Waals surface area (Å²) in [6, 6.07) is 15.5. The van der Waals surface area contributed by atoms with E-state index < -0.39 is 17.5 Å². The Balaban J connectivity index is 1.09. The highest BCUT2D eigenvalue weighted by molar-refractivity contribution is 6.31. The van der Waals surface area contributed by atoms with E-state index in [0.29, 0.717) is 47.0 Å². The zero-order valence-corrected chi connectivity index (χ0v) is 24.6. The molecule has 1 heterocycles. The lowest BCUT2D eigenvalue weighted by atomic mass is 9.76. The maximum atomic E-state index is 13.7. The fourth-order valence-corrected chi connectivity index (χ4v) is 6.41. The first-order valence-corrected chi connectivity index (χ1v) is 14.5. The second kappa shape index (κ2) is 11.6. The van der Waals surface area contributed by atoms with Crippen LogP contribution < -0.4 is 29.7 Å². The molecule has 0 aromatic heterocycles. The van der Waals surface area contributed by atoms with Crippen LogP contribution in [0.25, 0.3) is 0 Å². The van der Waals surface area contributed by atoms with Crippen LogP contribution in [0.15, 0.2) is 60.7 Å².